The van der Waals surface area contributed by atoms with Gasteiger partial charge in [-0.3, -0.25) is 4.79 Å². The van der Waals surface area contributed by atoms with E-state index in [0.717, 1.165) is 20.9 Å². The maximum Gasteiger partial charge on any atom is 0.313 e. The Morgan fingerprint density at radius 1 is 1.53 bits per heavy atom. The molecule has 0 radical (unpaired) electrons. The summed E-state index contributed by atoms with van der Waals surface area (Å²) in [6.45, 7) is 2.59. The Morgan fingerprint density at radius 3 is 3.00 bits per heavy atom. The highest BCUT2D eigenvalue weighted by molar-refractivity contribution is 9.10. The minimum atomic E-state index is -0.834. The molecule has 0 bridgehead atoms. The number of halogens is 1. The van der Waals surface area contributed by atoms with E-state index in [0.29, 0.717) is 6.54 Å². The first kappa shape index (κ1) is 14.1. The summed E-state index contributed by atoms with van der Waals surface area (Å²) in [7, 11) is 0. The average Bonchev–Trinajstić information content (AvgIpc) is 2.67. The molecule has 0 fully saturated rings. The maximum atomic E-state index is 10.6. The number of aryl methyl sites for hydroxylation is 1. The van der Waals surface area contributed by atoms with Gasteiger partial charge >= 0.3 is 5.97 Å². The molecule has 0 aliphatic rings. The van der Waals surface area contributed by atoms with E-state index in [1.165, 1.54) is 11.8 Å². The van der Waals surface area contributed by atoms with Gasteiger partial charge in [0.1, 0.15) is 0 Å². The van der Waals surface area contributed by atoms with E-state index in [2.05, 4.69) is 20.9 Å². The standard InChI is InChI=1S/C13H13BrN2O2S/c1-9-6-16(13(15-9)19-8-12(17)18)7-10-3-2-4-11(14)5-10/h2-6H,7-8H2,1H3,(H,17,18). The molecule has 0 atom stereocenters. The second-order valence-electron chi connectivity index (χ2n) is 4.11. The second-order valence-corrected chi connectivity index (χ2v) is 5.96. The number of hydrogen-bond acceptors (Lipinski definition) is 3. The van der Waals surface area contributed by atoms with E-state index in [9.17, 15) is 4.79 Å². The van der Waals surface area contributed by atoms with Crippen LogP contribution < -0.4 is 0 Å². The van der Waals surface area contributed by atoms with E-state index in [1.54, 1.807) is 0 Å². The van der Waals surface area contributed by atoms with Crippen LogP contribution in [0, 0.1) is 6.92 Å². The second kappa shape index (κ2) is 6.25. The Bertz CT molecular complexity index is 598. The Balaban J connectivity index is 2.17. The van der Waals surface area contributed by atoms with Crippen LogP contribution in [-0.2, 0) is 11.3 Å². The summed E-state index contributed by atoms with van der Waals surface area (Å²) in [5.74, 6) is -0.811. The van der Waals surface area contributed by atoms with Crippen LogP contribution in [0.5, 0.6) is 0 Å². The number of benzene rings is 1. The molecule has 1 heterocycles. The normalized spacial score (nSPS) is 10.6. The van der Waals surface area contributed by atoms with Crippen molar-refractivity contribution in [3.63, 3.8) is 0 Å². The zero-order chi connectivity index (χ0) is 13.8. The van der Waals surface area contributed by atoms with Crippen molar-refractivity contribution in [3.8, 4) is 0 Å². The van der Waals surface area contributed by atoms with Crippen molar-refractivity contribution in [2.75, 3.05) is 5.75 Å². The molecule has 0 saturated heterocycles. The molecule has 0 saturated carbocycles. The van der Waals surface area contributed by atoms with Crippen LogP contribution in [0.1, 0.15) is 11.3 Å². The third kappa shape index (κ3) is 4.11. The largest absolute Gasteiger partial charge is 0.481 e. The van der Waals surface area contributed by atoms with Gasteiger partial charge in [-0.25, -0.2) is 4.98 Å². The Hall–Kier alpha value is -1.27. The van der Waals surface area contributed by atoms with E-state index in [4.69, 9.17) is 5.11 Å². The molecule has 0 aliphatic heterocycles. The lowest BCUT2D eigenvalue weighted by molar-refractivity contribution is -0.133. The van der Waals surface area contributed by atoms with Crippen molar-refractivity contribution in [2.24, 2.45) is 0 Å². The molecule has 4 nitrogen and oxygen atoms in total. The Labute approximate surface area is 124 Å². The van der Waals surface area contributed by atoms with Crippen molar-refractivity contribution >= 4 is 33.7 Å². The number of carboxylic acids is 1. The summed E-state index contributed by atoms with van der Waals surface area (Å²) in [6.07, 6.45) is 1.94. The first-order chi connectivity index (χ1) is 9.04. The first-order valence-corrected chi connectivity index (χ1v) is 7.45. The number of thioether (sulfide) groups is 1. The predicted molar refractivity (Wildman–Crippen MR) is 78.6 cm³/mol. The van der Waals surface area contributed by atoms with Gasteiger partial charge in [0.2, 0.25) is 0 Å². The van der Waals surface area contributed by atoms with Crippen LogP contribution in [0.4, 0.5) is 0 Å². The maximum absolute atomic E-state index is 10.6. The minimum absolute atomic E-state index is 0.0228. The summed E-state index contributed by atoms with van der Waals surface area (Å²) >= 11 is 4.68. The lowest BCUT2D eigenvalue weighted by atomic mass is 10.2. The number of nitrogens with zero attached hydrogens (tertiary/aromatic N) is 2. The SMILES string of the molecule is Cc1cn(Cc2cccc(Br)c2)c(SCC(=O)O)n1. The van der Waals surface area contributed by atoms with Crippen molar-refractivity contribution in [1.82, 2.24) is 9.55 Å². The van der Waals surface area contributed by atoms with Gasteiger partial charge in [0.15, 0.2) is 5.16 Å². The summed E-state index contributed by atoms with van der Waals surface area (Å²) in [5, 5.41) is 9.47. The molecule has 6 heteroatoms. The average molecular weight is 341 g/mol. The molecule has 1 N–H and O–H groups in total. The summed E-state index contributed by atoms with van der Waals surface area (Å²) in [6, 6.07) is 8.03. The molecule has 1 aromatic heterocycles. The zero-order valence-corrected chi connectivity index (χ0v) is 12.7. The van der Waals surface area contributed by atoms with Gasteiger partial charge < -0.3 is 9.67 Å². The molecule has 0 unspecified atom stereocenters. The third-order valence-electron chi connectivity index (χ3n) is 2.43. The lowest BCUT2D eigenvalue weighted by Gasteiger charge is -2.07. The minimum Gasteiger partial charge on any atom is -0.481 e. The van der Waals surface area contributed by atoms with Crippen LogP contribution in [0.25, 0.3) is 0 Å². The van der Waals surface area contributed by atoms with Gasteiger partial charge in [0.25, 0.3) is 0 Å². The van der Waals surface area contributed by atoms with Gasteiger partial charge in [-0.2, -0.15) is 0 Å². The van der Waals surface area contributed by atoms with Gasteiger partial charge in [-0.05, 0) is 24.6 Å². The molecule has 0 amide bonds. The molecule has 1 aromatic carbocycles. The quantitative estimate of drug-likeness (QED) is 0.849. The van der Waals surface area contributed by atoms with Crippen LogP contribution in [0.2, 0.25) is 0 Å². The van der Waals surface area contributed by atoms with E-state index < -0.39 is 5.97 Å². The Morgan fingerprint density at radius 2 is 2.32 bits per heavy atom. The van der Waals surface area contributed by atoms with Gasteiger partial charge in [0, 0.05) is 17.2 Å². The molecule has 19 heavy (non-hydrogen) atoms. The fourth-order valence-electron chi connectivity index (χ4n) is 1.71. The van der Waals surface area contributed by atoms with Gasteiger partial charge in [0.05, 0.1) is 11.4 Å². The summed E-state index contributed by atoms with van der Waals surface area (Å²) < 4.78 is 3.01. The topological polar surface area (TPSA) is 55.1 Å². The fraction of sp³-hybridized carbons (Fsp3) is 0.231. The number of hydrogen-bond donors (Lipinski definition) is 1. The van der Waals surface area contributed by atoms with Crippen LogP contribution in [0.3, 0.4) is 0 Å². The highest BCUT2D eigenvalue weighted by Crippen LogP contribution is 2.20. The zero-order valence-electron chi connectivity index (χ0n) is 10.3. The fourth-order valence-corrected chi connectivity index (χ4v) is 2.90. The van der Waals surface area contributed by atoms with Crippen molar-refractivity contribution in [1.29, 1.82) is 0 Å². The molecule has 0 aliphatic carbocycles. The van der Waals surface area contributed by atoms with Crippen LogP contribution in [0.15, 0.2) is 40.1 Å². The number of imidazole rings is 1. The molecular formula is C13H13BrN2O2S. The lowest BCUT2D eigenvalue weighted by Crippen LogP contribution is -2.03. The smallest absolute Gasteiger partial charge is 0.313 e. The number of rotatable bonds is 5. The van der Waals surface area contributed by atoms with E-state index >= 15 is 0 Å². The molecule has 0 spiro atoms. The van der Waals surface area contributed by atoms with Crippen molar-refractivity contribution in [3.05, 3.63) is 46.2 Å². The number of aliphatic carboxylic acids is 1. The molecule has 2 rings (SSSR count). The monoisotopic (exact) mass is 340 g/mol. The number of carboxylic acid groups (broad SMARTS) is 1. The molecule has 2 aromatic rings. The van der Waals surface area contributed by atoms with Gasteiger partial charge in [-0.15, -0.1) is 0 Å². The summed E-state index contributed by atoms with van der Waals surface area (Å²) in [5.41, 5.74) is 2.03. The number of carbonyl (C=O) groups is 1. The van der Waals surface area contributed by atoms with E-state index in [-0.39, 0.29) is 5.75 Å². The predicted octanol–water partition coefficient (Wildman–Crippen LogP) is 3.18. The van der Waals surface area contributed by atoms with Crippen molar-refractivity contribution in [2.45, 2.75) is 18.6 Å². The highest BCUT2D eigenvalue weighted by Gasteiger charge is 2.09. The number of aromatic nitrogens is 2. The third-order valence-corrected chi connectivity index (χ3v) is 3.90. The van der Waals surface area contributed by atoms with Crippen LogP contribution in [-0.4, -0.2) is 26.4 Å². The molecule has 100 valence electrons. The van der Waals surface area contributed by atoms with Gasteiger partial charge in [-0.1, -0.05) is 39.8 Å². The highest BCUT2D eigenvalue weighted by atomic mass is 79.9. The van der Waals surface area contributed by atoms with Crippen molar-refractivity contribution < 1.29 is 9.90 Å². The Kier molecular flexibility index (Phi) is 4.66. The first-order valence-electron chi connectivity index (χ1n) is 5.67. The van der Waals surface area contributed by atoms with E-state index in [1.807, 2.05) is 42.0 Å². The molecular weight excluding hydrogens is 328 g/mol. The summed E-state index contributed by atoms with van der Waals surface area (Å²) in [4.78, 5) is 15.0. The van der Waals surface area contributed by atoms with Crippen LogP contribution >= 0.6 is 27.7 Å².